The average Bonchev–Trinajstić information content (AvgIpc) is 2.84. The Kier molecular flexibility index (Phi) is 8.89. The number of likely N-dealkylation sites (N-methyl/N-ethyl adjacent to an activating group) is 1. The molecule has 0 aliphatic carbocycles. The molecule has 0 bridgehead atoms. The second kappa shape index (κ2) is 11.4. The number of halogens is 3. The zero-order chi connectivity index (χ0) is 27.4. The highest BCUT2D eigenvalue weighted by atomic mass is 32.2. The molecule has 37 heavy (non-hydrogen) atoms. The molecule has 2 aromatic rings. The fraction of sp³-hybridized carbons (Fsp3) is 0.360. The average molecular weight is 558 g/mol. The van der Waals surface area contributed by atoms with Crippen LogP contribution in [-0.4, -0.2) is 43.0 Å². The van der Waals surface area contributed by atoms with E-state index in [1.807, 2.05) is 0 Å². The molecule has 0 spiro atoms. The van der Waals surface area contributed by atoms with E-state index in [4.69, 9.17) is 0 Å². The summed E-state index contributed by atoms with van der Waals surface area (Å²) in [5, 5.41) is 2.64. The zero-order valence-electron chi connectivity index (χ0n) is 20.3. The molecule has 3 N–H and O–H groups in total. The van der Waals surface area contributed by atoms with Crippen molar-refractivity contribution in [3.05, 3.63) is 90.2 Å². The summed E-state index contributed by atoms with van der Waals surface area (Å²) in [6.45, 7) is 8.36. The van der Waals surface area contributed by atoms with Gasteiger partial charge < -0.3 is 10.6 Å². The largest absolute Gasteiger partial charge is 0.416 e. The van der Waals surface area contributed by atoms with Gasteiger partial charge in [-0.1, -0.05) is 43.0 Å². The summed E-state index contributed by atoms with van der Waals surface area (Å²) in [6.07, 6.45) is -3.12. The quantitative estimate of drug-likeness (QED) is 0.384. The highest BCUT2D eigenvalue weighted by Gasteiger charge is 2.40. The van der Waals surface area contributed by atoms with Crippen LogP contribution >= 0.6 is 0 Å². The fourth-order valence-corrected chi connectivity index (χ4v) is 7.80. The van der Waals surface area contributed by atoms with Crippen molar-refractivity contribution in [2.45, 2.75) is 40.5 Å². The van der Waals surface area contributed by atoms with Crippen LogP contribution in [0.5, 0.6) is 0 Å². The molecule has 202 valence electrons. The minimum absolute atomic E-state index is 0.105. The second-order valence-corrected chi connectivity index (χ2v) is 12.6. The molecule has 1 aliphatic rings. The standard InChI is InChI=1S/C25H30F3N3O4S2/c1-4-23(37(34,35)31-19-12-14-30-15-13-19)21-16-20(10-11-22(21)25(26,27)28)36(32,33)24(17(2)29-3)18-8-6-5-7-9-18/h4-11,16,19,23-24,29-31H,1-2,12-15H2,3H3. The van der Waals surface area contributed by atoms with Crippen molar-refractivity contribution >= 4 is 19.9 Å². The summed E-state index contributed by atoms with van der Waals surface area (Å²) in [5.74, 6) is 0. The molecule has 0 saturated carbocycles. The van der Waals surface area contributed by atoms with Gasteiger partial charge in [-0.3, -0.25) is 0 Å². The van der Waals surface area contributed by atoms with Gasteiger partial charge in [0.1, 0.15) is 10.5 Å². The van der Waals surface area contributed by atoms with E-state index in [2.05, 4.69) is 28.5 Å². The molecule has 2 aromatic carbocycles. The maximum Gasteiger partial charge on any atom is 0.416 e. The number of benzene rings is 2. The zero-order valence-corrected chi connectivity index (χ0v) is 21.9. The van der Waals surface area contributed by atoms with Crippen LogP contribution in [0.25, 0.3) is 0 Å². The Bertz CT molecular complexity index is 1340. The Morgan fingerprint density at radius 1 is 1.08 bits per heavy atom. The first-order valence-electron chi connectivity index (χ1n) is 11.5. The molecular formula is C25H30F3N3O4S2. The van der Waals surface area contributed by atoms with Crippen molar-refractivity contribution in [2.75, 3.05) is 20.1 Å². The van der Waals surface area contributed by atoms with Gasteiger partial charge >= 0.3 is 6.18 Å². The highest BCUT2D eigenvalue weighted by molar-refractivity contribution is 7.92. The third-order valence-electron chi connectivity index (χ3n) is 6.23. The minimum atomic E-state index is -4.93. The van der Waals surface area contributed by atoms with Crippen molar-refractivity contribution in [2.24, 2.45) is 0 Å². The number of sulfonamides is 1. The summed E-state index contributed by atoms with van der Waals surface area (Å²) in [5.41, 5.74) is -1.51. The number of piperidine rings is 1. The van der Waals surface area contributed by atoms with Gasteiger partial charge in [-0.05, 0) is 55.3 Å². The van der Waals surface area contributed by atoms with Gasteiger partial charge in [0.05, 0.1) is 10.5 Å². The summed E-state index contributed by atoms with van der Waals surface area (Å²) < 4.78 is 98.4. The third kappa shape index (κ3) is 6.43. The van der Waals surface area contributed by atoms with Crippen LogP contribution in [0.3, 0.4) is 0 Å². The van der Waals surface area contributed by atoms with Gasteiger partial charge in [-0.15, -0.1) is 6.58 Å². The molecule has 1 heterocycles. The molecule has 3 rings (SSSR count). The first kappa shape index (κ1) is 28.9. The first-order chi connectivity index (χ1) is 17.3. The van der Waals surface area contributed by atoms with Crippen molar-refractivity contribution in [3.8, 4) is 0 Å². The van der Waals surface area contributed by atoms with Crippen LogP contribution in [-0.2, 0) is 26.0 Å². The molecule has 0 amide bonds. The van der Waals surface area contributed by atoms with Gasteiger partial charge in [-0.25, -0.2) is 21.6 Å². The number of alkyl halides is 3. The molecule has 1 fully saturated rings. The fourth-order valence-electron chi connectivity index (χ4n) is 4.34. The predicted molar refractivity (Wildman–Crippen MR) is 137 cm³/mol. The van der Waals surface area contributed by atoms with E-state index >= 15 is 0 Å². The Balaban J connectivity index is 2.16. The van der Waals surface area contributed by atoms with E-state index in [9.17, 15) is 30.0 Å². The van der Waals surface area contributed by atoms with Crippen LogP contribution in [0.2, 0.25) is 0 Å². The Morgan fingerprint density at radius 3 is 2.24 bits per heavy atom. The number of hydrogen-bond donors (Lipinski definition) is 3. The Morgan fingerprint density at radius 2 is 1.70 bits per heavy atom. The van der Waals surface area contributed by atoms with Crippen molar-refractivity contribution < 1.29 is 30.0 Å². The van der Waals surface area contributed by atoms with E-state index in [0.29, 0.717) is 37.6 Å². The molecule has 2 unspecified atom stereocenters. The summed E-state index contributed by atoms with van der Waals surface area (Å²) in [6, 6.07) is 9.85. The van der Waals surface area contributed by atoms with E-state index in [1.54, 1.807) is 30.3 Å². The molecule has 2 atom stereocenters. The smallest absolute Gasteiger partial charge is 0.391 e. The maximum absolute atomic E-state index is 14.0. The first-order valence-corrected chi connectivity index (χ1v) is 14.6. The third-order valence-corrected chi connectivity index (χ3v) is 10.1. The van der Waals surface area contributed by atoms with Crippen molar-refractivity contribution in [1.29, 1.82) is 0 Å². The lowest BCUT2D eigenvalue weighted by Gasteiger charge is -2.27. The molecule has 12 heteroatoms. The lowest BCUT2D eigenvalue weighted by atomic mass is 10.0. The topological polar surface area (TPSA) is 104 Å². The number of sulfone groups is 1. The minimum Gasteiger partial charge on any atom is -0.391 e. The number of nitrogens with one attached hydrogen (secondary N) is 3. The normalized spacial score (nSPS) is 17.1. The van der Waals surface area contributed by atoms with Crippen LogP contribution in [0.1, 0.15) is 40.0 Å². The SMILES string of the molecule is C=CC(c1cc(S(=O)(=O)C(C(=C)NC)c2ccccc2)ccc1C(F)(F)F)S(=O)(=O)NC1CCNCC1. The number of rotatable bonds is 10. The van der Waals surface area contributed by atoms with Crippen LogP contribution in [0.4, 0.5) is 13.2 Å². The van der Waals surface area contributed by atoms with Gasteiger partial charge in [0.15, 0.2) is 9.84 Å². The van der Waals surface area contributed by atoms with Crippen molar-refractivity contribution in [3.63, 3.8) is 0 Å². The summed E-state index contributed by atoms with van der Waals surface area (Å²) in [7, 11) is -7.25. The Labute approximate surface area is 215 Å². The lowest BCUT2D eigenvalue weighted by molar-refractivity contribution is -0.138. The summed E-state index contributed by atoms with van der Waals surface area (Å²) >= 11 is 0. The molecule has 1 aliphatic heterocycles. The van der Waals surface area contributed by atoms with Gasteiger partial charge in [0.2, 0.25) is 10.0 Å². The van der Waals surface area contributed by atoms with Crippen molar-refractivity contribution in [1.82, 2.24) is 15.4 Å². The molecular weight excluding hydrogens is 527 g/mol. The van der Waals surface area contributed by atoms with E-state index in [1.165, 1.54) is 7.05 Å². The maximum atomic E-state index is 14.0. The molecule has 1 saturated heterocycles. The monoisotopic (exact) mass is 557 g/mol. The molecule has 0 radical (unpaired) electrons. The summed E-state index contributed by atoms with van der Waals surface area (Å²) in [4.78, 5) is -0.468. The molecule has 0 aromatic heterocycles. The van der Waals surface area contributed by atoms with Gasteiger partial charge in [0, 0.05) is 18.8 Å². The lowest BCUT2D eigenvalue weighted by Crippen LogP contribution is -2.44. The van der Waals surface area contributed by atoms with Crippen LogP contribution < -0.4 is 15.4 Å². The van der Waals surface area contributed by atoms with Crippen LogP contribution in [0.15, 0.2) is 78.4 Å². The predicted octanol–water partition coefficient (Wildman–Crippen LogP) is 3.85. The number of hydrogen-bond acceptors (Lipinski definition) is 6. The van der Waals surface area contributed by atoms with E-state index in [-0.39, 0.29) is 5.70 Å². The second-order valence-electron chi connectivity index (χ2n) is 8.70. The highest BCUT2D eigenvalue weighted by Crippen LogP contribution is 2.41. The van der Waals surface area contributed by atoms with E-state index < -0.39 is 58.6 Å². The van der Waals surface area contributed by atoms with E-state index in [0.717, 1.165) is 18.2 Å². The van der Waals surface area contributed by atoms with Gasteiger partial charge in [0.25, 0.3) is 0 Å². The Hall–Kier alpha value is -2.67. The van der Waals surface area contributed by atoms with Crippen LogP contribution in [0, 0.1) is 0 Å². The molecule has 7 nitrogen and oxygen atoms in total. The van der Waals surface area contributed by atoms with Gasteiger partial charge in [-0.2, -0.15) is 13.2 Å².